The molecule has 0 aliphatic heterocycles. The van der Waals surface area contributed by atoms with E-state index in [1.54, 1.807) is 6.07 Å². The molecular weight excluding hydrogens is 255 g/mol. The number of rotatable bonds is 4. The van der Waals surface area contributed by atoms with Gasteiger partial charge in [-0.15, -0.1) is 0 Å². The number of nitrogens with zero attached hydrogens (tertiary/aromatic N) is 1. The van der Waals surface area contributed by atoms with Crippen LogP contribution in [-0.4, -0.2) is 9.97 Å². The molecule has 0 aliphatic carbocycles. The zero-order valence-corrected chi connectivity index (χ0v) is 11.1. The van der Waals surface area contributed by atoms with Crippen molar-refractivity contribution in [3.8, 4) is 11.3 Å². The Balaban J connectivity index is 2.21. The van der Waals surface area contributed by atoms with Crippen LogP contribution >= 0.6 is 23.2 Å². The SMILES string of the molecule is CCCCc1ncc(-c2ccc(Cl)c(Cl)c2)[nH]1. The molecule has 1 N–H and O–H groups in total. The van der Waals surface area contributed by atoms with E-state index in [2.05, 4.69) is 16.9 Å². The molecule has 4 heteroatoms. The van der Waals surface area contributed by atoms with Crippen molar-refractivity contribution in [2.75, 3.05) is 0 Å². The number of hydrogen-bond acceptors (Lipinski definition) is 1. The highest BCUT2D eigenvalue weighted by atomic mass is 35.5. The molecule has 0 spiro atoms. The minimum Gasteiger partial charge on any atom is -0.342 e. The summed E-state index contributed by atoms with van der Waals surface area (Å²) in [5.74, 6) is 1.02. The highest BCUT2D eigenvalue weighted by Gasteiger charge is 2.05. The largest absolute Gasteiger partial charge is 0.342 e. The molecule has 1 aromatic carbocycles. The third kappa shape index (κ3) is 3.02. The van der Waals surface area contributed by atoms with E-state index in [1.807, 2.05) is 18.3 Å². The molecule has 0 atom stereocenters. The van der Waals surface area contributed by atoms with Gasteiger partial charge in [0.2, 0.25) is 0 Å². The molecule has 0 aliphatic rings. The number of aryl methyl sites for hydroxylation is 1. The molecule has 17 heavy (non-hydrogen) atoms. The minimum atomic E-state index is 0.564. The molecule has 2 nitrogen and oxygen atoms in total. The molecule has 0 fully saturated rings. The Labute approximate surface area is 111 Å². The maximum Gasteiger partial charge on any atom is 0.106 e. The van der Waals surface area contributed by atoms with E-state index in [0.29, 0.717) is 10.0 Å². The second kappa shape index (κ2) is 5.56. The summed E-state index contributed by atoms with van der Waals surface area (Å²) >= 11 is 11.9. The number of H-pyrrole nitrogens is 1. The van der Waals surface area contributed by atoms with E-state index in [1.165, 1.54) is 6.42 Å². The first-order valence-corrected chi connectivity index (χ1v) is 6.45. The fourth-order valence-corrected chi connectivity index (χ4v) is 1.94. The monoisotopic (exact) mass is 268 g/mol. The first-order valence-electron chi connectivity index (χ1n) is 5.70. The van der Waals surface area contributed by atoms with Gasteiger partial charge >= 0.3 is 0 Å². The average molecular weight is 269 g/mol. The van der Waals surface area contributed by atoms with Gasteiger partial charge in [-0.25, -0.2) is 4.98 Å². The summed E-state index contributed by atoms with van der Waals surface area (Å²) in [5, 5.41) is 1.13. The third-order valence-electron chi connectivity index (χ3n) is 2.63. The van der Waals surface area contributed by atoms with Gasteiger partial charge in [-0.05, 0) is 18.6 Å². The topological polar surface area (TPSA) is 28.7 Å². The van der Waals surface area contributed by atoms with Crippen LogP contribution in [0.4, 0.5) is 0 Å². The van der Waals surface area contributed by atoms with Crippen LogP contribution in [0.25, 0.3) is 11.3 Å². The second-order valence-electron chi connectivity index (χ2n) is 3.98. The van der Waals surface area contributed by atoms with Gasteiger partial charge < -0.3 is 4.98 Å². The number of benzene rings is 1. The van der Waals surface area contributed by atoms with E-state index in [0.717, 1.165) is 29.9 Å². The molecule has 1 aromatic heterocycles. The van der Waals surface area contributed by atoms with E-state index < -0.39 is 0 Å². The van der Waals surface area contributed by atoms with Crippen LogP contribution in [0.1, 0.15) is 25.6 Å². The lowest BCUT2D eigenvalue weighted by atomic mass is 10.2. The molecule has 0 saturated heterocycles. The van der Waals surface area contributed by atoms with E-state index in [9.17, 15) is 0 Å². The average Bonchev–Trinajstić information content (AvgIpc) is 2.79. The van der Waals surface area contributed by atoms with Crippen LogP contribution < -0.4 is 0 Å². The Bertz CT molecular complexity index is 506. The van der Waals surface area contributed by atoms with Crippen molar-refractivity contribution >= 4 is 23.2 Å². The fraction of sp³-hybridized carbons (Fsp3) is 0.308. The van der Waals surface area contributed by atoms with Crippen LogP contribution in [0.5, 0.6) is 0 Å². The zero-order chi connectivity index (χ0) is 12.3. The number of aromatic nitrogens is 2. The van der Waals surface area contributed by atoms with Gasteiger partial charge in [-0.2, -0.15) is 0 Å². The summed E-state index contributed by atoms with van der Waals surface area (Å²) in [6.45, 7) is 2.17. The van der Waals surface area contributed by atoms with Crippen LogP contribution in [0.15, 0.2) is 24.4 Å². The molecule has 2 aromatic rings. The molecule has 1 heterocycles. The van der Waals surface area contributed by atoms with Gasteiger partial charge in [0.1, 0.15) is 5.82 Å². The van der Waals surface area contributed by atoms with Gasteiger partial charge in [0.25, 0.3) is 0 Å². The highest BCUT2D eigenvalue weighted by Crippen LogP contribution is 2.27. The fourth-order valence-electron chi connectivity index (χ4n) is 1.64. The minimum absolute atomic E-state index is 0.564. The van der Waals surface area contributed by atoms with Crippen molar-refractivity contribution in [2.45, 2.75) is 26.2 Å². The molecular formula is C13H14Cl2N2. The van der Waals surface area contributed by atoms with Crippen molar-refractivity contribution in [1.29, 1.82) is 0 Å². The van der Waals surface area contributed by atoms with Crippen molar-refractivity contribution in [1.82, 2.24) is 9.97 Å². The van der Waals surface area contributed by atoms with Gasteiger partial charge in [0.05, 0.1) is 21.9 Å². The Morgan fingerprint density at radius 2 is 2.06 bits per heavy atom. The predicted octanol–water partition coefficient (Wildman–Crippen LogP) is 4.73. The molecule has 0 amide bonds. The van der Waals surface area contributed by atoms with Gasteiger partial charge in [0.15, 0.2) is 0 Å². The lowest BCUT2D eigenvalue weighted by Crippen LogP contribution is -1.87. The standard InChI is InChI=1S/C13H14Cl2N2/c1-2-3-4-13-16-8-12(17-13)9-5-6-10(14)11(15)7-9/h5-8H,2-4H2,1H3,(H,16,17). The smallest absolute Gasteiger partial charge is 0.106 e. The Morgan fingerprint density at radius 1 is 1.24 bits per heavy atom. The maximum absolute atomic E-state index is 5.99. The number of nitrogens with one attached hydrogen (secondary N) is 1. The molecule has 0 unspecified atom stereocenters. The summed E-state index contributed by atoms with van der Waals surface area (Å²) < 4.78 is 0. The summed E-state index contributed by atoms with van der Waals surface area (Å²) in [6, 6.07) is 5.58. The normalized spacial score (nSPS) is 10.8. The lowest BCUT2D eigenvalue weighted by molar-refractivity contribution is 0.763. The molecule has 0 radical (unpaired) electrons. The molecule has 90 valence electrons. The van der Waals surface area contributed by atoms with Crippen molar-refractivity contribution in [3.05, 3.63) is 40.3 Å². The first-order chi connectivity index (χ1) is 8.20. The van der Waals surface area contributed by atoms with Crippen LogP contribution in [0, 0.1) is 0 Å². The van der Waals surface area contributed by atoms with Gasteiger partial charge in [0, 0.05) is 12.0 Å². The van der Waals surface area contributed by atoms with Gasteiger partial charge in [-0.3, -0.25) is 0 Å². The number of hydrogen-bond donors (Lipinski definition) is 1. The Morgan fingerprint density at radius 3 is 2.76 bits per heavy atom. The lowest BCUT2D eigenvalue weighted by Gasteiger charge is -2.00. The quantitative estimate of drug-likeness (QED) is 0.854. The predicted molar refractivity (Wildman–Crippen MR) is 72.7 cm³/mol. The van der Waals surface area contributed by atoms with E-state index >= 15 is 0 Å². The molecule has 0 bridgehead atoms. The zero-order valence-electron chi connectivity index (χ0n) is 9.63. The van der Waals surface area contributed by atoms with E-state index in [4.69, 9.17) is 23.2 Å². The highest BCUT2D eigenvalue weighted by molar-refractivity contribution is 6.42. The summed E-state index contributed by atoms with van der Waals surface area (Å²) in [6.07, 6.45) is 5.14. The number of aromatic amines is 1. The van der Waals surface area contributed by atoms with Crippen LogP contribution in [0.3, 0.4) is 0 Å². The molecule has 0 saturated carbocycles. The van der Waals surface area contributed by atoms with E-state index in [-0.39, 0.29) is 0 Å². The summed E-state index contributed by atoms with van der Waals surface area (Å²) in [4.78, 5) is 7.65. The number of halogens is 2. The third-order valence-corrected chi connectivity index (χ3v) is 3.37. The summed E-state index contributed by atoms with van der Waals surface area (Å²) in [7, 11) is 0. The maximum atomic E-state index is 5.99. The second-order valence-corrected chi connectivity index (χ2v) is 4.79. The Hall–Kier alpha value is -0.990. The van der Waals surface area contributed by atoms with Crippen molar-refractivity contribution < 1.29 is 0 Å². The molecule has 2 rings (SSSR count). The van der Waals surface area contributed by atoms with Gasteiger partial charge in [-0.1, -0.05) is 42.6 Å². The Kier molecular flexibility index (Phi) is 4.08. The number of imidazole rings is 1. The van der Waals surface area contributed by atoms with Crippen molar-refractivity contribution in [3.63, 3.8) is 0 Å². The number of unbranched alkanes of at least 4 members (excludes halogenated alkanes) is 1. The summed E-state index contributed by atoms with van der Waals surface area (Å²) in [5.41, 5.74) is 1.99. The first kappa shape index (κ1) is 12.5. The van der Waals surface area contributed by atoms with Crippen LogP contribution in [-0.2, 0) is 6.42 Å². The van der Waals surface area contributed by atoms with Crippen molar-refractivity contribution in [2.24, 2.45) is 0 Å². The van der Waals surface area contributed by atoms with Crippen LogP contribution in [0.2, 0.25) is 10.0 Å².